The lowest BCUT2D eigenvalue weighted by atomic mass is 10.1. The molecule has 1 rings (SSSR count). The van der Waals surface area contributed by atoms with Crippen LogP contribution in [0.2, 0.25) is 0 Å². The van der Waals surface area contributed by atoms with E-state index in [4.69, 9.17) is 4.74 Å². The van der Waals surface area contributed by atoms with Gasteiger partial charge >= 0.3 is 5.97 Å². The van der Waals surface area contributed by atoms with Gasteiger partial charge in [-0.2, -0.15) is 0 Å². The van der Waals surface area contributed by atoms with Gasteiger partial charge in [0, 0.05) is 6.92 Å². The first-order valence-corrected chi connectivity index (χ1v) is 3.70. The summed E-state index contributed by atoms with van der Waals surface area (Å²) in [5.41, 5.74) is 0.834. The summed E-state index contributed by atoms with van der Waals surface area (Å²) in [4.78, 5) is 20.9. The van der Waals surface area contributed by atoms with E-state index in [1.807, 2.05) is 0 Å². The minimum Gasteiger partial charge on any atom is -0.461 e. The van der Waals surface area contributed by atoms with Crippen molar-refractivity contribution < 1.29 is 14.3 Å². The molecule has 1 atom stereocenters. The van der Waals surface area contributed by atoms with Gasteiger partial charge in [-0.3, -0.25) is 4.79 Å². The molecule has 0 aromatic carbocycles. The van der Waals surface area contributed by atoms with Crippen molar-refractivity contribution in [3.8, 4) is 0 Å². The van der Waals surface area contributed by atoms with E-state index < -0.39 is 0 Å². The second kappa shape index (κ2) is 3.85. The molecule has 0 aliphatic heterocycles. The first-order valence-electron chi connectivity index (χ1n) is 3.70. The number of esters is 1. The molecule has 0 saturated carbocycles. The number of carbonyl (C=O) groups is 2. The predicted octanol–water partition coefficient (Wildman–Crippen LogP) is 0.861. The predicted molar refractivity (Wildman–Crippen MR) is 43.4 cm³/mol. The monoisotopic (exact) mass is 166 g/mol. The molecule has 0 radical (unpaired) electrons. The summed E-state index contributed by atoms with van der Waals surface area (Å²) in [5.74, 6) is -0.531. The summed E-state index contributed by atoms with van der Waals surface area (Å²) in [6.45, 7) is 1.56. The van der Waals surface area contributed by atoms with Gasteiger partial charge in [-0.1, -0.05) is 18.2 Å². The Hall–Kier alpha value is -1.38. The molecule has 0 heterocycles. The highest BCUT2D eigenvalue weighted by Crippen LogP contribution is 2.16. The molecule has 3 nitrogen and oxygen atoms in total. The lowest BCUT2D eigenvalue weighted by Crippen LogP contribution is -2.09. The SMILES string of the molecule is CC(=O)OCC1=CC=CC1C=O. The van der Waals surface area contributed by atoms with Crippen LogP contribution in [-0.4, -0.2) is 18.9 Å². The summed E-state index contributed by atoms with van der Waals surface area (Å²) in [6.07, 6.45) is 6.19. The molecule has 12 heavy (non-hydrogen) atoms. The quantitative estimate of drug-likeness (QED) is 0.461. The van der Waals surface area contributed by atoms with Gasteiger partial charge in [-0.25, -0.2) is 0 Å². The largest absolute Gasteiger partial charge is 0.461 e. The zero-order chi connectivity index (χ0) is 8.97. The highest BCUT2D eigenvalue weighted by atomic mass is 16.5. The zero-order valence-corrected chi connectivity index (χ0v) is 6.82. The minimum atomic E-state index is -0.326. The molecule has 0 aromatic heterocycles. The third-order valence-electron chi connectivity index (χ3n) is 1.65. The molecule has 3 heteroatoms. The smallest absolute Gasteiger partial charge is 0.302 e. The maximum atomic E-state index is 10.4. The van der Waals surface area contributed by atoms with E-state index >= 15 is 0 Å². The number of carbonyl (C=O) groups excluding carboxylic acids is 2. The van der Waals surface area contributed by atoms with Crippen LogP contribution in [0, 0.1) is 5.92 Å². The van der Waals surface area contributed by atoms with Crippen LogP contribution in [0.5, 0.6) is 0 Å². The first kappa shape index (κ1) is 8.71. The Morgan fingerprint density at radius 3 is 3.08 bits per heavy atom. The van der Waals surface area contributed by atoms with Gasteiger partial charge in [0.05, 0.1) is 5.92 Å². The van der Waals surface area contributed by atoms with Gasteiger partial charge in [-0.15, -0.1) is 0 Å². The van der Waals surface area contributed by atoms with Gasteiger partial charge in [0.15, 0.2) is 0 Å². The third-order valence-corrected chi connectivity index (χ3v) is 1.65. The molecule has 1 aliphatic rings. The summed E-state index contributed by atoms with van der Waals surface area (Å²) >= 11 is 0. The van der Waals surface area contributed by atoms with Crippen LogP contribution < -0.4 is 0 Å². The molecule has 0 fully saturated rings. The van der Waals surface area contributed by atoms with Crippen LogP contribution in [0.25, 0.3) is 0 Å². The van der Waals surface area contributed by atoms with Gasteiger partial charge < -0.3 is 9.53 Å². The third kappa shape index (κ3) is 2.05. The Balaban J connectivity index is 2.43. The van der Waals surface area contributed by atoms with E-state index in [0.717, 1.165) is 11.9 Å². The number of hydrogen-bond acceptors (Lipinski definition) is 3. The Morgan fingerprint density at radius 2 is 2.50 bits per heavy atom. The van der Waals surface area contributed by atoms with Gasteiger partial charge in [0.25, 0.3) is 0 Å². The van der Waals surface area contributed by atoms with Crippen molar-refractivity contribution in [1.29, 1.82) is 0 Å². The van der Waals surface area contributed by atoms with E-state index in [2.05, 4.69) is 0 Å². The van der Waals surface area contributed by atoms with Gasteiger partial charge in [-0.05, 0) is 5.57 Å². The molecule has 0 saturated heterocycles. The fourth-order valence-corrected chi connectivity index (χ4v) is 0.996. The van der Waals surface area contributed by atoms with Crippen molar-refractivity contribution >= 4 is 12.3 Å². The van der Waals surface area contributed by atoms with Gasteiger partial charge in [0.1, 0.15) is 12.9 Å². The highest BCUT2D eigenvalue weighted by Gasteiger charge is 2.14. The van der Waals surface area contributed by atoms with Crippen LogP contribution in [0.1, 0.15) is 6.92 Å². The van der Waals surface area contributed by atoms with Crippen molar-refractivity contribution in [2.24, 2.45) is 5.92 Å². The molecular formula is C9H10O3. The fraction of sp³-hybridized carbons (Fsp3) is 0.333. The number of aldehydes is 1. The minimum absolute atomic E-state index is 0.204. The molecule has 0 bridgehead atoms. The summed E-state index contributed by atoms with van der Waals surface area (Å²) in [5, 5.41) is 0. The Labute approximate surface area is 70.7 Å². The number of rotatable bonds is 3. The number of allylic oxidation sites excluding steroid dienone is 3. The summed E-state index contributed by atoms with van der Waals surface area (Å²) < 4.78 is 4.75. The number of ether oxygens (including phenoxy) is 1. The fourth-order valence-electron chi connectivity index (χ4n) is 0.996. The second-order valence-corrected chi connectivity index (χ2v) is 2.57. The number of hydrogen-bond donors (Lipinski definition) is 0. The van der Waals surface area contributed by atoms with Gasteiger partial charge in [0.2, 0.25) is 0 Å². The molecule has 0 N–H and O–H groups in total. The van der Waals surface area contributed by atoms with Crippen LogP contribution >= 0.6 is 0 Å². The topological polar surface area (TPSA) is 43.4 Å². The van der Waals surface area contributed by atoms with Crippen LogP contribution in [0.15, 0.2) is 23.8 Å². The molecule has 1 unspecified atom stereocenters. The average molecular weight is 166 g/mol. The van der Waals surface area contributed by atoms with Crippen molar-refractivity contribution in [1.82, 2.24) is 0 Å². The van der Waals surface area contributed by atoms with Crippen molar-refractivity contribution in [3.63, 3.8) is 0 Å². The van der Waals surface area contributed by atoms with Crippen molar-refractivity contribution in [2.45, 2.75) is 6.92 Å². The average Bonchev–Trinajstić information content (AvgIpc) is 2.47. The zero-order valence-electron chi connectivity index (χ0n) is 6.82. The van der Waals surface area contributed by atoms with Crippen LogP contribution in [0.4, 0.5) is 0 Å². The summed E-state index contributed by atoms with van der Waals surface area (Å²) in [7, 11) is 0. The van der Waals surface area contributed by atoms with E-state index in [0.29, 0.717) is 0 Å². The molecular weight excluding hydrogens is 156 g/mol. The standard InChI is InChI=1S/C9H10O3/c1-7(11)12-6-9-4-2-3-8(9)5-10/h2-5,8H,6H2,1H3. The maximum absolute atomic E-state index is 10.4. The van der Waals surface area contributed by atoms with Crippen molar-refractivity contribution in [3.05, 3.63) is 23.8 Å². The molecule has 1 aliphatic carbocycles. The normalized spacial score (nSPS) is 20.4. The van der Waals surface area contributed by atoms with Crippen molar-refractivity contribution in [2.75, 3.05) is 6.61 Å². The molecule has 64 valence electrons. The molecule has 0 aromatic rings. The van der Waals surface area contributed by atoms with E-state index in [9.17, 15) is 9.59 Å². The van der Waals surface area contributed by atoms with Crippen LogP contribution in [-0.2, 0) is 14.3 Å². The Bertz CT molecular complexity index is 250. The lowest BCUT2D eigenvalue weighted by molar-refractivity contribution is -0.140. The Morgan fingerprint density at radius 1 is 1.75 bits per heavy atom. The molecule has 0 spiro atoms. The second-order valence-electron chi connectivity index (χ2n) is 2.57. The summed E-state index contributed by atoms with van der Waals surface area (Å²) in [6, 6.07) is 0. The lowest BCUT2D eigenvalue weighted by Gasteiger charge is -2.06. The van der Waals surface area contributed by atoms with E-state index in [1.165, 1.54) is 6.92 Å². The van der Waals surface area contributed by atoms with E-state index in [-0.39, 0.29) is 18.5 Å². The highest BCUT2D eigenvalue weighted by molar-refractivity contribution is 5.67. The molecule has 0 amide bonds. The van der Waals surface area contributed by atoms with Crippen LogP contribution in [0.3, 0.4) is 0 Å². The van der Waals surface area contributed by atoms with E-state index in [1.54, 1.807) is 18.2 Å². The Kier molecular flexibility index (Phi) is 2.80. The maximum Gasteiger partial charge on any atom is 0.302 e. The first-order chi connectivity index (χ1) is 5.74.